The summed E-state index contributed by atoms with van der Waals surface area (Å²) in [7, 11) is 0. The fourth-order valence-electron chi connectivity index (χ4n) is 3.28. The van der Waals surface area contributed by atoms with Gasteiger partial charge >= 0.3 is 0 Å². The number of carbonyl (C=O) groups excluding carboxylic acids is 2. The summed E-state index contributed by atoms with van der Waals surface area (Å²) in [6, 6.07) is 7.35. The third-order valence-corrected chi connectivity index (χ3v) is 4.99. The number of anilines is 1. The topological polar surface area (TPSA) is 75.9 Å². The largest absolute Gasteiger partial charge is 0.484 e. The van der Waals surface area contributed by atoms with Gasteiger partial charge in [0.15, 0.2) is 6.61 Å². The Balaban J connectivity index is 0.00000225. The maximum Gasteiger partial charge on any atom is 0.260 e. The van der Waals surface area contributed by atoms with Crippen molar-refractivity contribution in [2.75, 3.05) is 37.7 Å². The summed E-state index contributed by atoms with van der Waals surface area (Å²) in [6.07, 6.45) is 2.46. The van der Waals surface area contributed by atoms with Gasteiger partial charge in [-0.2, -0.15) is 0 Å². The summed E-state index contributed by atoms with van der Waals surface area (Å²) < 4.78 is 5.60. The van der Waals surface area contributed by atoms with Gasteiger partial charge in [-0.15, -0.1) is 12.4 Å². The van der Waals surface area contributed by atoms with E-state index in [1.54, 1.807) is 4.90 Å². The highest BCUT2D eigenvalue weighted by atomic mass is 35.5. The maximum atomic E-state index is 12.2. The van der Waals surface area contributed by atoms with Gasteiger partial charge in [-0.25, -0.2) is 0 Å². The molecule has 2 heterocycles. The van der Waals surface area contributed by atoms with Crippen molar-refractivity contribution >= 4 is 29.9 Å². The van der Waals surface area contributed by atoms with Crippen molar-refractivity contribution in [2.45, 2.75) is 26.2 Å². The summed E-state index contributed by atoms with van der Waals surface area (Å²) >= 11 is 0. The van der Waals surface area contributed by atoms with Crippen LogP contribution in [0.15, 0.2) is 24.3 Å². The van der Waals surface area contributed by atoms with Crippen molar-refractivity contribution in [3.63, 3.8) is 0 Å². The molecule has 0 bridgehead atoms. The van der Waals surface area contributed by atoms with E-state index < -0.39 is 0 Å². The molecule has 0 aliphatic carbocycles. The fourth-order valence-corrected chi connectivity index (χ4v) is 3.28. The SMILES string of the molecule is CC1(CN)CCN(C(=O)COc2ccc(N3CCCC3=O)cc2)C1.Cl. The lowest BCUT2D eigenvalue weighted by atomic mass is 9.90. The van der Waals surface area contributed by atoms with E-state index in [0.717, 1.165) is 31.6 Å². The first-order valence-corrected chi connectivity index (χ1v) is 8.52. The lowest BCUT2D eigenvalue weighted by molar-refractivity contribution is -0.132. The quantitative estimate of drug-likeness (QED) is 0.861. The number of hydrogen-bond donors (Lipinski definition) is 1. The standard InChI is InChI=1S/C18H25N3O3.ClH/c1-18(12-19)8-10-20(13-18)17(23)11-24-15-6-4-14(5-7-15)21-9-2-3-16(21)22;/h4-7H,2-3,8-13,19H2,1H3;1H. The van der Waals surface area contributed by atoms with E-state index in [4.69, 9.17) is 10.5 Å². The van der Waals surface area contributed by atoms with Crippen LogP contribution in [0, 0.1) is 5.41 Å². The third kappa shape index (κ3) is 4.44. The summed E-state index contributed by atoms with van der Waals surface area (Å²) in [5.41, 5.74) is 6.69. The van der Waals surface area contributed by atoms with Gasteiger partial charge in [0.1, 0.15) is 5.75 Å². The molecule has 0 aromatic heterocycles. The number of carbonyl (C=O) groups is 2. The molecule has 1 atom stereocenters. The van der Waals surface area contributed by atoms with Crippen LogP contribution in [0.3, 0.4) is 0 Å². The van der Waals surface area contributed by atoms with Gasteiger partial charge in [-0.3, -0.25) is 9.59 Å². The van der Waals surface area contributed by atoms with Gasteiger partial charge in [0.25, 0.3) is 5.91 Å². The minimum Gasteiger partial charge on any atom is -0.484 e. The molecule has 1 unspecified atom stereocenters. The van der Waals surface area contributed by atoms with Crippen molar-refractivity contribution < 1.29 is 14.3 Å². The zero-order valence-electron chi connectivity index (χ0n) is 14.6. The molecular formula is C18H26ClN3O3. The summed E-state index contributed by atoms with van der Waals surface area (Å²) in [5, 5.41) is 0. The molecule has 1 aromatic carbocycles. The first-order chi connectivity index (χ1) is 11.5. The third-order valence-electron chi connectivity index (χ3n) is 4.99. The van der Waals surface area contributed by atoms with Crippen LogP contribution in [0.5, 0.6) is 5.75 Å². The molecule has 6 nitrogen and oxygen atoms in total. The predicted octanol–water partition coefficient (Wildman–Crippen LogP) is 1.81. The van der Waals surface area contributed by atoms with E-state index in [1.165, 1.54) is 0 Å². The van der Waals surface area contributed by atoms with Gasteiger partial charge in [-0.1, -0.05) is 6.92 Å². The number of hydrogen-bond acceptors (Lipinski definition) is 4. The summed E-state index contributed by atoms with van der Waals surface area (Å²) in [5.74, 6) is 0.793. The molecule has 2 saturated heterocycles. The number of amides is 2. The highest BCUT2D eigenvalue weighted by Crippen LogP contribution is 2.28. The van der Waals surface area contributed by atoms with Gasteiger partial charge in [0, 0.05) is 31.7 Å². The molecule has 25 heavy (non-hydrogen) atoms. The van der Waals surface area contributed by atoms with Crippen molar-refractivity contribution in [1.82, 2.24) is 4.90 Å². The van der Waals surface area contributed by atoms with Gasteiger partial charge in [0.05, 0.1) is 0 Å². The van der Waals surface area contributed by atoms with E-state index in [0.29, 0.717) is 25.3 Å². The number of likely N-dealkylation sites (tertiary alicyclic amines) is 1. The normalized spacial score (nSPS) is 22.9. The van der Waals surface area contributed by atoms with Crippen LogP contribution in [-0.2, 0) is 9.59 Å². The zero-order chi connectivity index (χ0) is 17.2. The molecular weight excluding hydrogens is 342 g/mol. The highest BCUT2D eigenvalue weighted by molar-refractivity contribution is 5.95. The van der Waals surface area contributed by atoms with Crippen LogP contribution in [0.4, 0.5) is 5.69 Å². The van der Waals surface area contributed by atoms with Crippen molar-refractivity contribution in [3.8, 4) is 5.75 Å². The molecule has 0 radical (unpaired) electrons. The van der Waals surface area contributed by atoms with Crippen molar-refractivity contribution in [2.24, 2.45) is 11.1 Å². The van der Waals surface area contributed by atoms with Gasteiger partial charge in [-0.05, 0) is 49.1 Å². The molecule has 138 valence electrons. The molecule has 2 fully saturated rings. The minimum atomic E-state index is -0.00836. The second-order valence-corrected chi connectivity index (χ2v) is 7.01. The van der Waals surface area contributed by atoms with Crippen LogP contribution < -0.4 is 15.4 Å². The Kier molecular flexibility index (Phi) is 6.30. The first-order valence-electron chi connectivity index (χ1n) is 8.52. The highest BCUT2D eigenvalue weighted by Gasteiger charge is 2.34. The summed E-state index contributed by atoms with van der Waals surface area (Å²) in [6.45, 7) is 4.94. The molecule has 1 aromatic rings. The smallest absolute Gasteiger partial charge is 0.260 e. The molecule has 0 saturated carbocycles. The second-order valence-electron chi connectivity index (χ2n) is 7.01. The Morgan fingerprint density at radius 2 is 2.00 bits per heavy atom. The average Bonchev–Trinajstić information content (AvgIpc) is 3.20. The molecule has 0 spiro atoms. The molecule has 2 aliphatic rings. The first kappa shape index (κ1) is 19.5. The lowest BCUT2D eigenvalue weighted by Gasteiger charge is -2.22. The van der Waals surface area contributed by atoms with Crippen LogP contribution in [-0.4, -0.2) is 49.5 Å². The van der Waals surface area contributed by atoms with E-state index in [2.05, 4.69) is 6.92 Å². The van der Waals surface area contributed by atoms with Crippen LogP contribution in [0.25, 0.3) is 0 Å². The fraction of sp³-hybridized carbons (Fsp3) is 0.556. The zero-order valence-corrected chi connectivity index (χ0v) is 15.4. The molecule has 2 amide bonds. The van der Waals surface area contributed by atoms with Crippen molar-refractivity contribution in [1.29, 1.82) is 0 Å². The Hall–Kier alpha value is -1.79. The molecule has 7 heteroatoms. The summed E-state index contributed by atoms with van der Waals surface area (Å²) in [4.78, 5) is 27.6. The average molecular weight is 368 g/mol. The number of nitrogens with two attached hydrogens (primary N) is 1. The van der Waals surface area contributed by atoms with Crippen LogP contribution >= 0.6 is 12.4 Å². The van der Waals surface area contributed by atoms with E-state index in [-0.39, 0.29) is 36.2 Å². The number of benzene rings is 1. The van der Waals surface area contributed by atoms with Gasteiger partial charge < -0.3 is 20.3 Å². The molecule has 3 rings (SSSR count). The predicted molar refractivity (Wildman–Crippen MR) is 99.1 cm³/mol. The number of rotatable bonds is 5. The maximum absolute atomic E-state index is 12.2. The number of ether oxygens (including phenoxy) is 1. The van der Waals surface area contributed by atoms with Crippen LogP contribution in [0.1, 0.15) is 26.2 Å². The van der Waals surface area contributed by atoms with Crippen molar-refractivity contribution in [3.05, 3.63) is 24.3 Å². The number of nitrogens with zero attached hydrogens (tertiary/aromatic N) is 2. The Labute approximate surface area is 154 Å². The van der Waals surface area contributed by atoms with E-state index >= 15 is 0 Å². The van der Waals surface area contributed by atoms with E-state index in [9.17, 15) is 9.59 Å². The van der Waals surface area contributed by atoms with Crippen LogP contribution in [0.2, 0.25) is 0 Å². The lowest BCUT2D eigenvalue weighted by Crippen LogP contribution is -2.36. The number of halogens is 1. The monoisotopic (exact) mass is 367 g/mol. The Morgan fingerprint density at radius 1 is 1.28 bits per heavy atom. The van der Waals surface area contributed by atoms with E-state index in [1.807, 2.05) is 29.2 Å². The molecule has 2 N–H and O–H groups in total. The Bertz CT molecular complexity index is 622. The molecule has 2 aliphatic heterocycles. The second kappa shape index (κ2) is 8.06. The van der Waals surface area contributed by atoms with Gasteiger partial charge in [0.2, 0.25) is 5.91 Å². The Morgan fingerprint density at radius 3 is 2.56 bits per heavy atom. The minimum absolute atomic E-state index is 0.